The molecule has 102 valence electrons. The van der Waals surface area contributed by atoms with Crippen molar-refractivity contribution in [2.75, 3.05) is 24.3 Å². The summed E-state index contributed by atoms with van der Waals surface area (Å²) in [6.45, 7) is 1.44. The first-order valence-electron chi connectivity index (χ1n) is 6.16. The highest BCUT2D eigenvalue weighted by atomic mass is 16.3. The number of hydrogen-bond donors (Lipinski definition) is 4. The highest BCUT2D eigenvalue weighted by Crippen LogP contribution is 2.23. The Morgan fingerprint density at radius 1 is 1.16 bits per heavy atom. The van der Waals surface area contributed by atoms with Crippen molar-refractivity contribution in [2.45, 2.75) is 18.9 Å². The van der Waals surface area contributed by atoms with Gasteiger partial charge in [0.25, 0.3) is 0 Å². The highest BCUT2D eigenvalue weighted by molar-refractivity contribution is 5.79. The van der Waals surface area contributed by atoms with Crippen LogP contribution in [0.1, 0.15) is 13.3 Å². The predicted octanol–water partition coefficient (Wildman–Crippen LogP) is 0.757. The normalized spacial score (nSPS) is 11.7. The van der Waals surface area contributed by atoms with Crippen molar-refractivity contribution in [1.29, 1.82) is 0 Å². The fraction of sp³-hybridized carbons (Fsp3) is 0.385. The molecule has 0 saturated carbocycles. The number of nitrogen functional groups attached to an aromatic ring is 1. The summed E-state index contributed by atoms with van der Waals surface area (Å²) in [6.07, 6.45) is 0.536. The SMILES string of the molecule is CCC(CO)(CO)Nc1nc2ccccc2nc1N. The van der Waals surface area contributed by atoms with Gasteiger partial charge in [-0.25, -0.2) is 9.97 Å². The minimum Gasteiger partial charge on any atom is -0.394 e. The second kappa shape index (κ2) is 5.38. The Bertz CT molecular complexity index is 561. The number of aromatic nitrogens is 2. The molecule has 0 amide bonds. The monoisotopic (exact) mass is 262 g/mol. The zero-order valence-corrected chi connectivity index (χ0v) is 10.8. The molecule has 1 heterocycles. The van der Waals surface area contributed by atoms with E-state index in [2.05, 4.69) is 15.3 Å². The van der Waals surface area contributed by atoms with Gasteiger partial charge in [-0.3, -0.25) is 0 Å². The van der Waals surface area contributed by atoms with E-state index in [1.807, 2.05) is 31.2 Å². The van der Waals surface area contributed by atoms with Gasteiger partial charge in [0.15, 0.2) is 11.6 Å². The molecule has 0 bridgehead atoms. The minimum absolute atomic E-state index is 0.214. The molecule has 0 aliphatic heterocycles. The van der Waals surface area contributed by atoms with E-state index in [9.17, 15) is 10.2 Å². The zero-order chi connectivity index (χ0) is 13.9. The molecule has 2 aromatic rings. The van der Waals surface area contributed by atoms with E-state index < -0.39 is 5.54 Å². The van der Waals surface area contributed by atoms with Gasteiger partial charge in [-0.05, 0) is 18.6 Å². The molecule has 1 aromatic carbocycles. The lowest BCUT2D eigenvalue weighted by Crippen LogP contribution is -2.45. The minimum atomic E-state index is -0.842. The first-order valence-corrected chi connectivity index (χ1v) is 6.16. The lowest BCUT2D eigenvalue weighted by atomic mass is 9.98. The van der Waals surface area contributed by atoms with Gasteiger partial charge in [0.2, 0.25) is 0 Å². The number of anilines is 2. The van der Waals surface area contributed by atoms with E-state index in [4.69, 9.17) is 5.73 Å². The van der Waals surface area contributed by atoms with Gasteiger partial charge in [-0.1, -0.05) is 19.1 Å². The third kappa shape index (κ3) is 2.59. The van der Waals surface area contributed by atoms with Crippen LogP contribution in [0.4, 0.5) is 11.6 Å². The molecular formula is C13H18N4O2. The summed E-state index contributed by atoms with van der Waals surface area (Å²) < 4.78 is 0. The second-order valence-corrected chi connectivity index (χ2v) is 4.52. The van der Waals surface area contributed by atoms with Crippen molar-refractivity contribution >= 4 is 22.7 Å². The first-order chi connectivity index (χ1) is 9.14. The molecule has 0 unspecified atom stereocenters. The number of aliphatic hydroxyl groups is 2. The van der Waals surface area contributed by atoms with Crippen LogP contribution < -0.4 is 11.1 Å². The van der Waals surface area contributed by atoms with E-state index in [1.54, 1.807) is 0 Å². The van der Waals surface area contributed by atoms with Crippen LogP contribution in [-0.2, 0) is 0 Å². The summed E-state index contributed by atoms with van der Waals surface area (Å²) in [5.41, 5.74) is 6.43. The maximum atomic E-state index is 9.43. The van der Waals surface area contributed by atoms with Crippen LogP contribution in [0.15, 0.2) is 24.3 Å². The number of nitrogens with zero attached hydrogens (tertiary/aromatic N) is 2. The van der Waals surface area contributed by atoms with Crippen molar-refractivity contribution in [1.82, 2.24) is 9.97 Å². The van der Waals surface area contributed by atoms with Crippen LogP contribution in [-0.4, -0.2) is 38.9 Å². The third-order valence-corrected chi connectivity index (χ3v) is 3.26. The molecule has 0 fully saturated rings. The Balaban J connectivity index is 2.42. The molecular weight excluding hydrogens is 244 g/mol. The van der Waals surface area contributed by atoms with Crippen molar-refractivity contribution in [3.05, 3.63) is 24.3 Å². The maximum Gasteiger partial charge on any atom is 0.170 e. The number of nitrogens with two attached hydrogens (primary N) is 1. The Morgan fingerprint density at radius 2 is 1.74 bits per heavy atom. The fourth-order valence-electron chi connectivity index (χ4n) is 1.80. The Kier molecular flexibility index (Phi) is 3.82. The summed E-state index contributed by atoms with van der Waals surface area (Å²) in [5, 5.41) is 21.9. The van der Waals surface area contributed by atoms with Gasteiger partial charge < -0.3 is 21.3 Å². The van der Waals surface area contributed by atoms with Gasteiger partial charge in [0, 0.05) is 0 Å². The van der Waals surface area contributed by atoms with E-state index in [1.165, 1.54) is 0 Å². The molecule has 0 aliphatic carbocycles. The molecule has 6 nitrogen and oxygen atoms in total. The Hall–Kier alpha value is -1.92. The molecule has 19 heavy (non-hydrogen) atoms. The Labute approximate surface area is 111 Å². The third-order valence-electron chi connectivity index (χ3n) is 3.26. The van der Waals surface area contributed by atoms with Crippen LogP contribution in [0.2, 0.25) is 0 Å². The van der Waals surface area contributed by atoms with Gasteiger partial charge in [-0.15, -0.1) is 0 Å². The van der Waals surface area contributed by atoms with Gasteiger partial charge in [0.1, 0.15) is 0 Å². The van der Waals surface area contributed by atoms with Crippen LogP contribution in [0, 0.1) is 0 Å². The quantitative estimate of drug-likeness (QED) is 0.634. The summed E-state index contributed by atoms with van der Waals surface area (Å²) >= 11 is 0. The molecule has 0 saturated heterocycles. The molecule has 6 heteroatoms. The van der Waals surface area contributed by atoms with E-state index in [0.29, 0.717) is 23.3 Å². The average molecular weight is 262 g/mol. The van der Waals surface area contributed by atoms with Gasteiger partial charge in [-0.2, -0.15) is 0 Å². The second-order valence-electron chi connectivity index (χ2n) is 4.52. The Morgan fingerprint density at radius 3 is 2.26 bits per heavy atom. The lowest BCUT2D eigenvalue weighted by Gasteiger charge is -2.30. The standard InChI is InChI=1S/C13H18N4O2/c1-2-13(7-18,8-19)17-12-11(14)15-9-5-3-4-6-10(9)16-12/h3-6,18-19H,2,7-8H2,1H3,(H2,14,15)(H,16,17). The number of fused-ring (bicyclic) bond motifs is 1. The summed E-state index contributed by atoms with van der Waals surface area (Å²) in [5.74, 6) is 0.627. The van der Waals surface area contributed by atoms with E-state index in [0.717, 1.165) is 0 Å². The van der Waals surface area contributed by atoms with Crippen LogP contribution in [0.3, 0.4) is 0 Å². The predicted molar refractivity (Wildman–Crippen MR) is 74.8 cm³/mol. The highest BCUT2D eigenvalue weighted by Gasteiger charge is 2.27. The number of para-hydroxylation sites is 2. The molecule has 0 aliphatic rings. The number of nitrogens with one attached hydrogen (secondary N) is 1. The molecule has 0 radical (unpaired) electrons. The van der Waals surface area contributed by atoms with Crippen LogP contribution in [0.5, 0.6) is 0 Å². The van der Waals surface area contributed by atoms with Crippen molar-refractivity contribution in [2.24, 2.45) is 0 Å². The number of rotatable bonds is 5. The first kappa shape index (κ1) is 13.5. The zero-order valence-electron chi connectivity index (χ0n) is 10.8. The van der Waals surface area contributed by atoms with Crippen molar-refractivity contribution in [3.63, 3.8) is 0 Å². The molecule has 0 spiro atoms. The smallest absolute Gasteiger partial charge is 0.170 e. The summed E-state index contributed by atoms with van der Waals surface area (Å²) in [7, 11) is 0. The average Bonchev–Trinajstić information content (AvgIpc) is 2.45. The molecule has 0 atom stereocenters. The summed E-state index contributed by atoms with van der Waals surface area (Å²) in [4.78, 5) is 8.63. The van der Waals surface area contributed by atoms with Crippen LogP contribution in [0.25, 0.3) is 11.0 Å². The molecule has 5 N–H and O–H groups in total. The van der Waals surface area contributed by atoms with E-state index in [-0.39, 0.29) is 19.0 Å². The fourth-order valence-corrected chi connectivity index (χ4v) is 1.80. The van der Waals surface area contributed by atoms with Crippen LogP contribution >= 0.6 is 0 Å². The number of hydrogen-bond acceptors (Lipinski definition) is 6. The number of aliphatic hydroxyl groups excluding tert-OH is 2. The van der Waals surface area contributed by atoms with Crippen molar-refractivity contribution in [3.8, 4) is 0 Å². The molecule has 2 rings (SSSR count). The maximum absolute atomic E-state index is 9.43. The topological polar surface area (TPSA) is 104 Å². The largest absolute Gasteiger partial charge is 0.394 e. The van der Waals surface area contributed by atoms with Gasteiger partial charge >= 0.3 is 0 Å². The summed E-state index contributed by atoms with van der Waals surface area (Å²) in [6, 6.07) is 7.38. The van der Waals surface area contributed by atoms with E-state index >= 15 is 0 Å². The lowest BCUT2D eigenvalue weighted by molar-refractivity contribution is 0.132. The molecule has 1 aromatic heterocycles. The number of benzene rings is 1. The van der Waals surface area contributed by atoms with Crippen molar-refractivity contribution < 1.29 is 10.2 Å². The van der Waals surface area contributed by atoms with Gasteiger partial charge in [0.05, 0.1) is 29.8 Å².